The van der Waals surface area contributed by atoms with Crippen LogP contribution in [0.25, 0.3) is 0 Å². The monoisotopic (exact) mass is 433 g/mol. The van der Waals surface area contributed by atoms with Crippen molar-refractivity contribution in [3.05, 3.63) is 76.3 Å². The van der Waals surface area contributed by atoms with Gasteiger partial charge in [-0.05, 0) is 36.2 Å². The van der Waals surface area contributed by atoms with Crippen LogP contribution in [0.5, 0.6) is 5.75 Å². The summed E-state index contributed by atoms with van der Waals surface area (Å²) >= 11 is 13.3. The number of rotatable bonds is 7. The highest BCUT2D eigenvalue weighted by atomic mass is 35.5. The molecule has 0 aromatic heterocycles. The highest BCUT2D eigenvalue weighted by Gasteiger charge is 2.30. The second-order valence-corrected chi connectivity index (χ2v) is 7.84. The Kier molecular flexibility index (Phi) is 7.14. The topological polar surface area (TPSA) is 63.1 Å². The van der Waals surface area contributed by atoms with E-state index in [4.69, 9.17) is 27.9 Å². The third-order valence-electron chi connectivity index (χ3n) is 3.80. The molecule has 1 aliphatic rings. The van der Waals surface area contributed by atoms with Crippen LogP contribution in [-0.4, -0.2) is 29.1 Å². The Morgan fingerprint density at radius 3 is 2.82 bits per heavy atom. The molecule has 1 fully saturated rings. The molecule has 1 N–H and O–H groups in total. The van der Waals surface area contributed by atoms with Crippen LogP contribution in [0.2, 0.25) is 10.0 Å². The van der Waals surface area contributed by atoms with Crippen molar-refractivity contribution in [3.8, 4) is 5.75 Å². The molecule has 1 atom stereocenters. The maximum atomic E-state index is 12.2. The fourth-order valence-corrected chi connectivity index (χ4v) is 3.76. The lowest BCUT2D eigenvalue weighted by atomic mass is 10.1. The van der Waals surface area contributed by atoms with E-state index in [1.807, 2.05) is 30.3 Å². The normalized spacial score (nSPS) is 17.9. The number of nitrogens with one attached hydrogen (secondary N) is 1. The number of halogens is 2. The first-order valence-electron chi connectivity index (χ1n) is 8.42. The van der Waals surface area contributed by atoms with Crippen molar-refractivity contribution in [1.82, 2.24) is 5.32 Å². The number of carbonyl (C=O) groups excluding carboxylic acids is 1. The van der Waals surface area contributed by atoms with Gasteiger partial charge in [0.25, 0.3) is 0 Å². The van der Waals surface area contributed by atoms with Gasteiger partial charge in [0.05, 0.1) is 21.5 Å². The van der Waals surface area contributed by atoms with Crippen molar-refractivity contribution in [2.75, 3.05) is 6.61 Å². The van der Waals surface area contributed by atoms with Crippen molar-refractivity contribution < 1.29 is 9.53 Å². The van der Waals surface area contributed by atoms with Crippen LogP contribution in [0, 0.1) is 0 Å². The van der Waals surface area contributed by atoms with Crippen LogP contribution in [0.1, 0.15) is 11.1 Å². The number of hydrogen-bond donors (Lipinski definition) is 1. The standard InChI is InChI=1S/C20H17Cl2N3O2S/c1-2-9-27-17-6-4-3-5-14(17)12-23-25-20-24-19(26)18(28-20)11-13-7-8-15(21)16(22)10-13/h2-8,10,12,18H,1,9,11H2,(H,24,25,26)/b23-12+. The second-order valence-electron chi connectivity index (χ2n) is 5.84. The predicted octanol–water partition coefficient (Wildman–Crippen LogP) is 4.72. The van der Waals surface area contributed by atoms with Gasteiger partial charge in [0.2, 0.25) is 5.91 Å². The number of para-hydroxylation sites is 1. The van der Waals surface area contributed by atoms with E-state index < -0.39 is 0 Å². The molecule has 1 saturated heterocycles. The number of amidine groups is 1. The van der Waals surface area contributed by atoms with Gasteiger partial charge in [0, 0.05) is 5.56 Å². The van der Waals surface area contributed by atoms with E-state index in [9.17, 15) is 4.79 Å². The summed E-state index contributed by atoms with van der Waals surface area (Å²) in [5.41, 5.74) is 1.72. The Hall–Kier alpha value is -2.28. The van der Waals surface area contributed by atoms with Gasteiger partial charge in [0.1, 0.15) is 12.4 Å². The maximum Gasteiger partial charge on any atom is 0.239 e. The van der Waals surface area contributed by atoms with E-state index in [-0.39, 0.29) is 11.2 Å². The molecular formula is C20H17Cl2N3O2S. The zero-order valence-electron chi connectivity index (χ0n) is 14.8. The first-order chi connectivity index (χ1) is 13.6. The molecule has 1 heterocycles. The summed E-state index contributed by atoms with van der Waals surface area (Å²) in [6.07, 6.45) is 3.78. The van der Waals surface area contributed by atoms with Crippen molar-refractivity contribution in [2.45, 2.75) is 11.7 Å². The molecule has 8 heteroatoms. The molecule has 1 unspecified atom stereocenters. The first kappa shape index (κ1) is 20.5. The van der Waals surface area contributed by atoms with E-state index in [1.54, 1.807) is 24.4 Å². The van der Waals surface area contributed by atoms with E-state index >= 15 is 0 Å². The van der Waals surface area contributed by atoms with Crippen molar-refractivity contribution in [2.24, 2.45) is 10.2 Å². The fourth-order valence-electron chi connectivity index (χ4n) is 2.48. The summed E-state index contributed by atoms with van der Waals surface area (Å²) < 4.78 is 5.57. The van der Waals surface area contributed by atoms with Crippen LogP contribution >= 0.6 is 35.0 Å². The van der Waals surface area contributed by atoms with Gasteiger partial charge in [-0.3, -0.25) is 4.79 Å². The summed E-state index contributed by atoms with van der Waals surface area (Å²) in [6, 6.07) is 12.8. The predicted molar refractivity (Wildman–Crippen MR) is 117 cm³/mol. The van der Waals surface area contributed by atoms with Gasteiger partial charge in [0.15, 0.2) is 5.17 Å². The number of amides is 1. The minimum Gasteiger partial charge on any atom is -0.489 e. The SMILES string of the molecule is C=CCOc1ccccc1/C=N/N=C1\NC(=O)C(Cc2ccc(Cl)c(Cl)c2)S1. The number of thioether (sulfide) groups is 1. The molecule has 1 amide bonds. The smallest absolute Gasteiger partial charge is 0.239 e. The third kappa shape index (κ3) is 5.38. The number of ether oxygens (including phenoxy) is 1. The molecule has 0 spiro atoms. The Balaban J connectivity index is 1.64. The molecule has 2 aromatic carbocycles. The average Bonchev–Trinajstić information content (AvgIpc) is 3.03. The van der Waals surface area contributed by atoms with Crippen LogP contribution in [0.3, 0.4) is 0 Å². The molecule has 144 valence electrons. The Morgan fingerprint density at radius 2 is 2.04 bits per heavy atom. The number of hydrogen-bond acceptors (Lipinski definition) is 5. The Bertz CT molecular complexity index is 947. The van der Waals surface area contributed by atoms with Crippen LogP contribution < -0.4 is 10.1 Å². The summed E-state index contributed by atoms with van der Waals surface area (Å²) in [5, 5.41) is 12.0. The van der Waals surface area contributed by atoms with E-state index in [2.05, 4.69) is 22.1 Å². The quantitative estimate of drug-likeness (QED) is 0.390. The van der Waals surface area contributed by atoms with Gasteiger partial charge < -0.3 is 10.1 Å². The van der Waals surface area contributed by atoms with E-state index in [0.29, 0.717) is 34.0 Å². The van der Waals surface area contributed by atoms with E-state index in [1.165, 1.54) is 11.8 Å². The Morgan fingerprint density at radius 1 is 1.21 bits per heavy atom. The largest absolute Gasteiger partial charge is 0.489 e. The zero-order chi connectivity index (χ0) is 19.9. The average molecular weight is 434 g/mol. The molecule has 0 radical (unpaired) electrons. The number of benzene rings is 2. The first-order valence-corrected chi connectivity index (χ1v) is 10.1. The molecular weight excluding hydrogens is 417 g/mol. The van der Waals surface area contributed by atoms with Gasteiger partial charge >= 0.3 is 0 Å². The number of carbonyl (C=O) groups is 1. The lowest BCUT2D eigenvalue weighted by Crippen LogP contribution is -2.25. The van der Waals surface area contributed by atoms with Crippen LogP contribution in [0.4, 0.5) is 0 Å². The van der Waals surface area contributed by atoms with Crippen LogP contribution in [0.15, 0.2) is 65.3 Å². The second kappa shape index (κ2) is 9.78. The summed E-state index contributed by atoms with van der Waals surface area (Å²) in [4.78, 5) is 12.2. The summed E-state index contributed by atoms with van der Waals surface area (Å²) in [6.45, 7) is 4.04. The molecule has 0 bridgehead atoms. The fraction of sp³-hybridized carbons (Fsp3) is 0.150. The van der Waals surface area contributed by atoms with Crippen molar-refractivity contribution in [3.63, 3.8) is 0 Å². The highest BCUT2D eigenvalue weighted by molar-refractivity contribution is 8.15. The highest BCUT2D eigenvalue weighted by Crippen LogP contribution is 2.27. The molecule has 3 rings (SSSR count). The summed E-state index contributed by atoms with van der Waals surface area (Å²) in [7, 11) is 0. The zero-order valence-corrected chi connectivity index (χ0v) is 17.1. The minimum absolute atomic E-state index is 0.111. The maximum absolute atomic E-state index is 12.2. The van der Waals surface area contributed by atoms with Crippen molar-refractivity contribution in [1.29, 1.82) is 0 Å². The molecule has 5 nitrogen and oxygen atoms in total. The van der Waals surface area contributed by atoms with Crippen LogP contribution in [-0.2, 0) is 11.2 Å². The molecule has 2 aromatic rings. The lowest BCUT2D eigenvalue weighted by molar-refractivity contribution is -0.118. The lowest BCUT2D eigenvalue weighted by Gasteiger charge is -2.06. The molecule has 0 saturated carbocycles. The van der Waals surface area contributed by atoms with Gasteiger partial charge in [-0.1, -0.05) is 65.8 Å². The van der Waals surface area contributed by atoms with E-state index in [0.717, 1.165) is 11.1 Å². The van der Waals surface area contributed by atoms with Gasteiger partial charge in [-0.15, -0.1) is 5.10 Å². The molecule has 1 aliphatic heterocycles. The number of nitrogens with zero attached hydrogens (tertiary/aromatic N) is 2. The molecule has 0 aliphatic carbocycles. The van der Waals surface area contributed by atoms with Gasteiger partial charge in [-0.2, -0.15) is 5.10 Å². The molecule has 28 heavy (non-hydrogen) atoms. The van der Waals surface area contributed by atoms with Gasteiger partial charge in [-0.25, -0.2) is 0 Å². The van der Waals surface area contributed by atoms with Crippen molar-refractivity contribution >= 4 is 52.3 Å². The summed E-state index contributed by atoms with van der Waals surface area (Å²) in [5.74, 6) is 0.576. The third-order valence-corrected chi connectivity index (χ3v) is 5.61. The Labute approximate surface area is 177 Å². The minimum atomic E-state index is -0.297.